The molecule has 0 saturated heterocycles. The van der Waals surface area contributed by atoms with Crippen molar-refractivity contribution in [3.05, 3.63) is 48.2 Å². The van der Waals surface area contributed by atoms with E-state index in [4.69, 9.17) is 0 Å². The van der Waals surface area contributed by atoms with Crippen molar-refractivity contribution in [2.45, 2.75) is 12.0 Å². The monoisotopic (exact) mass is 173 g/mol. The number of hydrogen-bond donors (Lipinski definition) is 1. The summed E-state index contributed by atoms with van der Waals surface area (Å²) in [6.45, 7) is 0. The second kappa shape index (κ2) is 3.15. The maximum atomic E-state index is 10.2. The van der Waals surface area contributed by atoms with Crippen molar-refractivity contribution in [1.82, 2.24) is 0 Å². The van der Waals surface area contributed by atoms with E-state index >= 15 is 0 Å². The predicted molar refractivity (Wildman–Crippen MR) is 52.6 cm³/mol. The number of nitrogens with zero attached hydrogens (tertiary/aromatic N) is 1. The highest BCUT2D eigenvalue weighted by atomic mass is 16.3. The van der Waals surface area contributed by atoms with Crippen molar-refractivity contribution in [2.75, 3.05) is 0 Å². The molecule has 2 heteroatoms. The lowest BCUT2D eigenvalue weighted by Gasteiger charge is -2.24. The minimum atomic E-state index is -0.858. The first-order valence-corrected chi connectivity index (χ1v) is 4.28. The van der Waals surface area contributed by atoms with E-state index in [0.29, 0.717) is 6.42 Å². The Balaban J connectivity index is 2.35. The first kappa shape index (κ1) is 8.20. The molecule has 1 aromatic rings. The van der Waals surface area contributed by atoms with Crippen LogP contribution in [0.2, 0.25) is 0 Å². The summed E-state index contributed by atoms with van der Waals surface area (Å²) >= 11 is 0. The molecule has 0 aromatic heterocycles. The molecule has 0 radical (unpaired) electrons. The third-order valence-corrected chi connectivity index (χ3v) is 2.22. The lowest BCUT2D eigenvalue weighted by atomic mass is 9.90. The quantitative estimate of drug-likeness (QED) is 0.690. The molecule has 1 atom stereocenters. The molecule has 1 unspecified atom stereocenters. The zero-order chi connectivity index (χ0) is 9.15. The third-order valence-electron chi connectivity index (χ3n) is 2.22. The van der Waals surface area contributed by atoms with Crippen LogP contribution < -0.4 is 0 Å². The highest BCUT2D eigenvalue weighted by Gasteiger charge is 2.25. The Morgan fingerprint density at radius 1 is 1.23 bits per heavy atom. The Labute approximate surface area is 77.3 Å². The first-order valence-electron chi connectivity index (χ1n) is 4.28. The maximum absolute atomic E-state index is 10.2. The number of hydrogen-bond acceptors (Lipinski definition) is 2. The van der Waals surface area contributed by atoms with Crippen LogP contribution in [0.4, 0.5) is 0 Å². The highest BCUT2D eigenvalue weighted by molar-refractivity contribution is 5.63. The van der Waals surface area contributed by atoms with Crippen molar-refractivity contribution in [3.63, 3.8) is 0 Å². The van der Waals surface area contributed by atoms with Gasteiger partial charge in [-0.15, -0.1) is 0 Å². The lowest BCUT2D eigenvalue weighted by molar-refractivity contribution is 0.0974. The van der Waals surface area contributed by atoms with Crippen molar-refractivity contribution in [3.8, 4) is 0 Å². The lowest BCUT2D eigenvalue weighted by Crippen LogP contribution is -2.24. The zero-order valence-corrected chi connectivity index (χ0v) is 7.22. The molecule has 0 amide bonds. The van der Waals surface area contributed by atoms with Crippen LogP contribution in [0.5, 0.6) is 0 Å². The van der Waals surface area contributed by atoms with E-state index in [9.17, 15) is 5.11 Å². The van der Waals surface area contributed by atoms with Gasteiger partial charge in [-0.1, -0.05) is 30.3 Å². The summed E-state index contributed by atoms with van der Waals surface area (Å²) in [5.74, 6) is 0. The summed E-state index contributed by atoms with van der Waals surface area (Å²) in [5.41, 5.74) is 0.0561. The summed E-state index contributed by atoms with van der Waals surface area (Å²) in [5, 5.41) is 10.2. The Hall–Kier alpha value is -1.41. The van der Waals surface area contributed by atoms with Crippen molar-refractivity contribution in [1.29, 1.82) is 0 Å². The summed E-state index contributed by atoms with van der Waals surface area (Å²) in [6, 6.07) is 9.63. The minimum absolute atomic E-state index is 0.549. The molecule has 1 N–H and O–H groups in total. The SMILES string of the molecule is OC1(c2ccccc2)C=CN=CC1. The average molecular weight is 173 g/mol. The van der Waals surface area contributed by atoms with Gasteiger partial charge < -0.3 is 5.11 Å². The van der Waals surface area contributed by atoms with Gasteiger partial charge in [-0.25, -0.2) is 0 Å². The van der Waals surface area contributed by atoms with E-state index in [0.717, 1.165) is 5.56 Å². The Bertz CT molecular complexity index is 342. The van der Waals surface area contributed by atoms with Gasteiger partial charge >= 0.3 is 0 Å². The highest BCUT2D eigenvalue weighted by Crippen LogP contribution is 2.27. The molecular weight excluding hydrogens is 162 g/mol. The van der Waals surface area contributed by atoms with Crippen molar-refractivity contribution in [2.24, 2.45) is 4.99 Å². The molecular formula is C11H11NO. The van der Waals surface area contributed by atoms with Crippen LogP contribution in [0.1, 0.15) is 12.0 Å². The van der Waals surface area contributed by atoms with Gasteiger partial charge in [0.05, 0.1) is 0 Å². The van der Waals surface area contributed by atoms with Gasteiger partial charge in [0, 0.05) is 18.8 Å². The predicted octanol–water partition coefficient (Wildman–Crippen LogP) is 1.86. The van der Waals surface area contributed by atoms with Crippen LogP contribution in [-0.2, 0) is 5.60 Å². The summed E-state index contributed by atoms with van der Waals surface area (Å²) in [6.07, 6.45) is 5.64. The van der Waals surface area contributed by atoms with Gasteiger partial charge in [0.15, 0.2) is 0 Å². The molecule has 2 rings (SSSR count). The Morgan fingerprint density at radius 2 is 2.00 bits per heavy atom. The third kappa shape index (κ3) is 1.53. The van der Waals surface area contributed by atoms with E-state index < -0.39 is 5.60 Å². The molecule has 1 aliphatic rings. The van der Waals surface area contributed by atoms with Gasteiger partial charge in [-0.05, 0) is 11.6 Å². The van der Waals surface area contributed by atoms with Gasteiger partial charge in [-0.3, -0.25) is 4.99 Å². The smallest absolute Gasteiger partial charge is 0.114 e. The van der Waals surface area contributed by atoms with Crippen LogP contribution in [0.25, 0.3) is 0 Å². The topological polar surface area (TPSA) is 32.6 Å². The molecule has 0 saturated carbocycles. The molecule has 13 heavy (non-hydrogen) atoms. The zero-order valence-electron chi connectivity index (χ0n) is 7.22. The molecule has 1 aliphatic heterocycles. The maximum Gasteiger partial charge on any atom is 0.114 e. The van der Waals surface area contributed by atoms with Gasteiger partial charge in [0.1, 0.15) is 5.60 Å². The number of rotatable bonds is 1. The van der Waals surface area contributed by atoms with Crippen LogP contribution >= 0.6 is 0 Å². The normalized spacial score (nSPS) is 26.2. The Morgan fingerprint density at radius 3 is 2.62 bits per heavy atom. The standard InChI is InChI=1S/C11H11NO/c13-11(6-8-12-9-7-11)10-4-2-1-3-5-10/h1-6,8-9,13H,7H2. The molecule has 0 bridgehead atoms. The summed E-state index contributed by atoms with van der Waals surface area (Å²) < 4.78 is 0. The molecule has 1 heterocycles. The molecule has 1 aromatic carbocycles. The second-order valence-electron chi connectivity index (χ2n) is 3.14. The second-order valence-corrected chi connectivity index (χ2v) is 3.14. The fourth-order valence-electron chi connectivity index (χ4n) is 1.43. The van der Waals surface area contributed by atoms with E-state index in [1.165, 1.54) is 0 Å². The van der Waals surface area contributed by atoms with Crippen molar-refractivity contribution < 1.29 is 5.11 Å². The van der Waals surface area contributed by atoms with E-state index in [1.807, 2.05) is 30.3 Å². The van der Waals surface area contributed by atoms with E-state index in [2.05, 4.69) is 4.99 Å². The summed E-state index contributed by atoms with van der Waals surface area (Å²) in [7, 11) is 0. The van der Waals surface area contributed by atoms with E-state index in [-0.39, 0.29) is 0 Å². The fourth-order valence-corrected chi connectivity index (χ4v) is 1.43. The summed E-state index contributed by atoms with van der Waals surface area (Å²) in [4.78, 5) is 3.93. The Kier molecular flexibility index (Phi) is 1.99. The van der Waals surface area contributed by atoms with Crippen LogP contribution in [-0.4, -0.2) is 11.3 Å². The minimum Gasteiger partial charge on any atom is -0.381 e. The number of benzene rings is 1. The van der Waals surface area contributed by atoms with Crippen LogP contribution in [0.3, 0.4) is 0 Å². The van der Waals surface area contributed by atoms with Crippen LogP contribution in [0, 0.1) is 0 Å². The first-order chi connectivity index (χ1) is 6.31. The molecule has 0 aliphatic carbocycles. The number of aliphatic hydroxyl groups is 1. The van der Waals surface area contributed by atoms with Crippen molar-refractivity contribution >= 4 is 6.21 Å². The van der Waals surface area contributed by atoms with Crippen LogP contribution in [0.15, 0.2) is 47.6 Å². The molecule has 0 fully saturated rings. The molecule has 2 nitrogen and oxygen atoms in total. The number of aliphatic imine (C=N–C) groups is 1. The molecule has 66 valence electrons. The van der Waals surface area contributed by atoms with Gasteiger partial charge in [-0.2, -0.15) is 0 Å². The fraction of sp³-hybridized carbons (Fsp3) is 0.182. The van der Waals surface area contributed by atoms with Gasteiger partial charge in [0.25, 0.3) is 0 Å². The average Bonchev–Trinajstić information content (AvgIpc) is 2.20. The molecule has 0 spiro atoms. The van der Waals surface area contributed by atoms with E-state index in [1.54, 1.807) is 18.5 Å². The van der Waals surface area contributed by atoms with Gasteiger partial charge in [0.2, 0.25) is 0 Å². The largest absolute Gasteiger partial charge is 0.381 e.